The number of aromatic nitrogens is 2. The van der Waals surface area contributed by atoms with Crippen LogP contribution in [0.3, 0.4) is 0 Å². The minimum Gasteiger partial charge on any atom is -0.492 e. The van der Waals surface area contributed by atoms with Gasteiger partial charge in [0.15, 0.2) is 0 Å². The summed E-state index contributed by atoms with van der Waals surface area (Å²) in [4.78, 5) is 23.1. The highest BCUT2D eigenvalue weighted by atomic mass is 35.5. The van der Waals surface area contributed by atoms with Crippen molar-refractivity contribution in [3.63, 3.8) is 0 Å². The standard InChI is InChI=1S/C28H31ClFN3O3/c1-18-21(15-25(34)35)27(33-12-10-28(2,3)11-13-33)22(17-31-18)24-8-7-20(16-32-24)36-14-9-19-5-4-6-23(29)26(19)30/h4-8,16-17H,9-15H2,1-3H3,(H,34,35). The average Bonchev–Trinajstić information content (AvgIpc) is 2.83. The lowest BCUT2D eigenvalue weighted by atomic mass is 9.82. The Morgan fingerprint density at radius 2 is 1.92 bits per heavy atom. The Kier molecular flexibility index (Phi) is 7.79. The molecule has 1 N–H and O–H groups in total. The fourth-order valence-electron chi connectivity index (χ4n) is 4.53. The molecule has 0 amide bonds. The van der Waals surface area contributed by atoms with Crippen LogP contribution in [0.25, 0.3) is 11.3 Å². The number of aryl methyl sites for hydroxylation is 1. The van der Waals surface area contributed by atoms with Crippen molar-refractivity contribution < 1.29 is 19.0 Å². The van der Waals surface area contributed by atoms with Crippen LogP contribution < -0.4 is 9.64 Å². The molecule has 0 radical (unpaired) electrons. The van der Waals surface area contributed by atoms with Gasteiger partial charge < -0.3 is 14.7 Å². The van der Waals surface area contributed by atoms with E-state index in [2.05, 4.69) is 28.7 Å². The monoisotopic (exact) mass is 511 g/mol. The molecule has 3 aromatic rings. The number of hydrogen-bond acceptors (Lipinski definition) is 5. The van der Waals surface area contributed by atoms with E-state index in [9.17, 15) is 14.3 Å². The van der Waals surface area contributed by atoms with E-state index in [0.29, 0.717) is 29.1 Å². The SMILES string of the molecule is Cc1ncc(-c2ccc(OCCc3cccc(Cl)c3F)cn2)c(N2CCC(C)(C)CC2)c1CC(=O)O. The van der Waals surface area contributed by atoms with Crippen molar-refractivity contribution in [2.45, 2.75) is 46.5 Å². The van der Waals surface area contributed by atoms with E-state index in [1.807, 2.05) is 19.1 Å². The van der Waals surface area contributed by atoms with Gasteiger partial charge in [0.2, 0.25) is 0 Å². The van der Waals surface area contributed by atoms with E-state index >= 15 is 0 Å². The molecule has 3 heterocycles. The summed E-state index contributed by atoms with van der Waals surface area (Å²) in [7, 11) is 0. The predicted molar refractivity (Wildman–Crippen MR) is 139 cm³/mol. The second-order valence-electron chi connectivity index (χ2n) is 10.00. The van der Waals surface area contributed by atoms with Gasteiger partial charge in [0.1, 0.15) is 11.6 Å². The van der Waals surface area contributed by atoms with Crippen LogP contribution in [-0.2, 0) is 17.6 Å². The summed E-state index contributed by atoms with van der Waals surface area (Å²) in [6.07, 6.45) is 5.73. The van der Waals surface area contributed by atoms with Crippen LogP contribution in [0, 0.1) is 18.2 Å². The maximum Gasteiger partial charge on any atom is 0.307 e. The Morgan fingerprint density at radius 3 is 2.58 bits per heavy atom. The van der Waals surface area contributed by atoms with E-state index in [0.717, 1.165) is 42.7 Å². The van der Waals surface area contributed by atoms with Gasteiger partial charge in [-0.15, -0.1) is 0 Å². The summed E-state index contributed by atoms with van der Waals surface area (Å²) in [5.74, 6) is -0.745. The van der Waals surface area contributed by atoms with Gasteiger partial charge >= 0.3 is 5.97 Å². The summed E-state index contributed by atoms with van der Waals surface area (Å²) in [5, 5.41) is 9.68. The highest BCUT2D eigenvalue weighted by Gasteiger charge is 2.29. The second kappa shape index (κ2) is 10.8. The summed E-state index contributed by atoms with van der Waals surface area (Å²) >= 11 is 5.85. The van der Waals surface area contributed by atoms with Gasteiger partial charge in [-0.05, 0) is 48.9 Å². The van der Waals surface area contributed by atoms with Crippen molar-refractivity contribution in [3.8, 4) is 17.0 Å². The number of carbonyl (C=O) groups is 1. The molecule has 0 atom stereocenters. The lowest BCUT2D eigenvalue weighted by Crippen LogP contribution is -2.38. The van der Waals surface area contributed by atoms with Gasteiger partial charge in [-0.2, -0.15) is 0 Å². The molecule has 2 aromatic heterocycles. The van der Waals surface area contributed by atoms with Crippen molar-refractivity contribution in [1.82, 2.24) is 9.97 Å². The third-order valence-electron chi connectivity index (χ3n) is 6.81. The van der Waals surface area contributed by atoms with Crippen LogP contribution in [0.5, 0.6) is 5.75 Å². The highest BCUT2D eigenvalue weighted by molar-refractivity contribution is 6.30. The molecule has 0 spiro atoms. The van der Waals surface area contributed by atoms with Gasteiger partial charge in [0.05, 0.1) is 35.6 Å². The minimum absolute atomic E-state index is 0.0941. The van der Waals surface area contributed by atoms with Crippen molar-refractivity contribution in [2.24, 2.45) is 5.41 Å². The summed E-state index contributed by atoms with van der Waals surface area (Å²) in [5.41, 5.74) is 4.61. The predicted octanol–water partition coefficient (Wildman–Crippen LogP) is 6.12. The Morgan fingerprint density at radius 1 is 1.17 bits per heavy atom. The van der Waals surface area contributed by atoms with Crippen molar-refractivity contribution in [1.29, 1.82) is 0 Å². The fraction of sp³-hybridized carbons (Fsp3) is 0.393. The van der Waals surface area contributed by atoms with E-state index < -0.39 is 11.8 Å². The number of benzene rings is 1. The number of aliphatic carboxylic acids is 1. The maximum absolute atomic E-state index is 14.1. The van der Waals surface area contributed by atoms with E-state index in [4.69, 9.17) is 16.3 Å². The van der Waals surface area contributed by atoms with E-state index in [1.165, 1.54) is 6.07 Å². The second-order valence-corrected chi connectivity index (χ2v) is 10.4. The summed E-state index contributed by atoms with van der Waals surface area (Å²) < 4.78 is 19.9. The molecular formula is C28H31ClFN3O3. The molecule has 190 valence electrons. The topological polar surface area (TPSA) is 75.6 Å². The molecule has 1 saturated heterocycles. The van der Waals surface area contributed by atoms with Gasteiger partial charge in [-0.1, -0.05) is 37.6 Å². The Bertz CT molecular complexity index is 1240. The van der Waals surface area contributed by atoms with Gasteiger partial charge in [0, 0.05) is 42.5 Å². The molecule has 0 saturated carbocycles. The highest BCUT2D eigenvalue weighted by Crippen LogP contribution is 2.39. The quantitative estimate of drug-likeness (QED) is 0.392. The van der Waals surface area contributed by atoms with Gasteiger partial charge in [0.25, 0.3) is 0 Å². The Labute approximate surface area is 216 Å². The van der Waals surface area contributed by atoms with E-state index in [1.54, 1.807) is 24.5 Å². The number of piperidine rings is 1. The first-order chi connectivity index (χ1) is 17.1. The number of carboxylic acids is 1. The number of ether oxygens (including phenoxy) is 1. The lowest BCUT2D eigenvalue weighted by Gasteiger charge is -2.40. The van der Waals surface area contributed by atoms with Crippen LogP contribution in [0.1, 0.15) is 43.5 Å². The van der Waals surface area contributed by atoms with Gasteiger partial charge in [-0.3, -0.25) is 14.8 Å². The summed E-state index contributed by atoms with van der Waals surface area (Å²) in [6.45, 7) is 8.35. The van der Waals surface area contributed by atoms with Crippen LogP contribution in [0.2, 0.25) is 5.02 Å². The molecule has 4 rings (SSSR count). The van der Waals surface area contributed by atoms with Crippen molar-refractivity contribution in [2.75, 3.05) is 24.6 Å². The first-order valence-corrected chi connectivity index (χ1v) is 12.5. The molecule has 0 unspecified atom stereocenters. The zero-order chi connectivity index (χ0) is 25.9. The molecule has 1 aliphatic heterocycles. The minimum atomic E-state index is -0.886. The molecule has 1 aliphatic rings. The number of rotatable bonds is 8. The number of hydrogen-bond donors (Lipinski definition) is 1. The molecular weight excluding hydrogens is 481 g/mol. The van der Waals surface area contributed by atoms with Crippen LogP contribution in [0.15, 0.2) is 42.7 Å². The summed E-state index contributed by atoms with van der Waals surface area (Å²) in [6, 6.07) is 8.59. The van der Waals surface area contributed by atoms with Crippen molar-refractivity contribution in [3.05, 3.63) is 70.4 Å². The Balaban J connectivity index is 1.57. The zero-order valence-corrected chi connectivity index (χ0v) is 21.6. The molecule has 0 aliphatic carbocycles. The van der Waals surface area contributed by atoms with Crippen molar-refractivity contribution >= 4 is 23.3 Å². The molecule has 1 aromatic carbocycles. The van der Waals surface area contributed by atoms with Crippen LogP contribution in [-0.4, -0.2) is 40.7 Å². The third-order valence-corrected chi connectivity index (χ3v) is 7.10. The molecule has 36 heavy (non-hydrogen) atoms. The normalized spacial score (nSPS) is 15.1. The molecule has 0 bridgehead atoms. The molecule has 6 nitrogen and oxygen atoms in total. The van der Waals surface area contributed by atoms with Crippen LogP contribution >= 0.6 is 11.6 Å². The van der Waals surface area contributed by atoms with Crippen LogP contribution in [0.4, 0.5) is 10.1 Å². The molecule has 8 heteroatoms. The van der Waals surface area contributed by atoms with E-state index in [-0.39, 0.29) is 23.5 Å². The smallest absolute Gasteiger partial charge is 0.307 e. The van der Waals surface area contributed by atoms with Gasteiger partial charge in [-0.25, -0.2) is 4.39 Å². The number of carboxylic acid groups (broad SMARTS) is 1. The third kappa shape index (κ3) is 5.95. The number of pyridine rings is 2. The zero-order valence-electron chi connectivity index (χ0n) is 20.9. The number of anilines is 1. The largest absolute Gasteiger partial charge is 0.492 e. The fourth-order valence-corrected chi connectivity index (χ4v) is 4.72. The first-order valence-electron chi connectivity index (χ1n) is 12.1. The molecule has 1 fully saturated rings. The first kappa shape index (κ1) is 25.9. The number of halogens is 2. The average molecular weight is 512 g/mol. The Hall–Kier alpha value is -3.19. The lowest BCUT2D eigenvalue weighted by molar-refractivity contribution is -0.136. The maximum atomic E-state index is 14.1. The number of nitrogens with zero attached hydrogens (tertiary/aromatic N) is 3.